The first-order valence-electron chi connectivity index (χ1n) is 6.06. The summed E-state index contributed by atoms with van der Waals surface area (Å²) in [6.07, 6.45) is -0.545. The molecule has 1 unspecified atom stereocenters. The Balaban J connectivity index is 2.22. The molecule has 1 atom stereocenters. The summed E-state index contributed by atoms with van der Waals surface area (Å²) in [6, 6.07) is 0. The lowest BCUT2D eigenvalue weighted by molar-refractivity contribution is 0.0218. The number of ether oxygens (including phenoxy) is 2. The highest BCUT2D eigenvalue weighted by Gasteiger charge is 2.10. The van der Waals surface area contributed by atoms with Gasteiger partial charge >= 0.3 is 0 Å². The number of nitrogens with one attached hydrogen (secondary N) is 1. The second-order valence-electron chi connectivity index (χ2n) is 3.82. The molecule has 0 radical (unpaired) electrons. The third-order valence-corrected chi connectivity index (χ3v) is 3.32. The van der Waals surface area contributed by atoms with Crippen LogP contribution < -0.4 is 5.32 Å². The number of aromatic nitrogens is 4. The van der Waals surface area contributed by atoms with Crippen molar-refractivity contribution in [1.82, 2.24) is 25.5 Å². The van der Waals surface area contributed by atoms with E-state index in [4.69, 9.17) is 9.47 Å². The standard InChI is InChI=1S/C10H21N5O3S/c1-11-3-4-15-10(12-13-14-15)19-8-9(16)7-18-6-5-17-2/h9,11,16H,3-8H2,1-2H3. The van der Waals surface area contributed by atoms with Crippen LogP contribution >= 0.6 is 11.8 Å². The zero-order valence-electron chi connectivity index (χ0n) is 11.3. The average molecular weight is 291 g/mol. The number of nitrogens with zero attached hydrogens (tertiary/aromatic N) is 4. The van der Waals surface area contributed by atoms with Gasteiger partial charge in [-0.2, -0.15) is 0 Å². The summed E-state index contributed by atoms with van der Waals surface area (Å²) in [6.45, 7) is 2.79. The van der Waals surface area contributed by atoms with Crippen molar-refractivity contribution in [2.75, 3.05) is 46.3 Å². The molecule has 0 fully saturated rings. The van der Waals surface area contributed by atoms with Crippen LogP contribution in [0.25, 0.3) is 0 Å². The molecular formula is C10H21N5O3S. The zero-order chi connectivity index (χ0) is 13.9. The van der Waals surface area contributed by atoms with Gasteiger partial charge in [0.1, 0.15) is 0 Å². The molecule has 2 N–H and O–H groups in total. The van der Waals surface area contributed by atoms with E-state index in [1.54, 1.807) is 11.8 Å². The van der Waals surface area contributed by atoms with Crippen molar-refractivity contribution in [3.05, 3.63) is 0 Å². The predicted molar refractivity (Wildman–Crippen MR) is 71.2 cm³/mol. The van der Waals surface area contributed by atoms with E-state index in [2.05, 4.69) is 20.8 Å². The van der Waals surface area contributed by atoms with Crippen LogP contribution in [-0.4, -0.2) is 77.7 Å². The van der Waals surface area contributed by atoms with Gasteiger partial charge in [-0.1, -0.05) is 11.8 Å². The van der Waals surface area contributed by atoms with Crippen molar-refractivity contribution < 1.29 is 14.6 Å². The third-order valence-electron chi connectivity index (χ3n) is 2.22. The monoisotopic (exact) mass is 291 g/mol. The number of rotatable bonds is 11. The minimum absolute atomic E-state index is 0.286. The number of likely N-dealkylation sites (N-methyl/N-ethyl adjacent to an activating group) is 1. The van der Waals surface area contributed by atoms with Gasteiger partial charge in [-0.15, -0.1) is 5.10 Å². The van der Waals surface area contributed by atoms with Crippen LogP contribution in [0.5, 0.6) is 0 Å². The highest BCUT2D eigenvalue weighted by atomic mass is 32.2. The summed E-state index contributed by atoms with van der Waals surface area (Å²) >= 11 is 1.41. The number of hydrogen-bond acceptors (Lipinski definition) is 8. The van der Waals surface area contributed by atoms with Crippen LogP contribution in [0.15, 0.2) is 5.16 Å². The molecule has 0 spiro atoms. The second kappa shape index (κ2) is 10.1. The Morgan fingerprint density at radius 1 is 1.47 bits per heavy atom. The van der Waals surface area contributed by atoms with E-state index in [-0.39, 0.29) is 6.61 Å². The lowest BCUT2D eigenvalue weighted by Gasteiger charge is -2.10. The largest absolute Gasteiger partial charge is 0.390 e. The highest BCUT2D eigenvalue weighted by Crippen LogP contribution is 2.14. The Morgan fingerprint density at radius 2 is 2.32 bits per heavy atom. The number of tetrazole rings is 1. The van der Waals surface area contributed by atoms with E-state index in [0.717, 1.165) is 6.54 Å². The molecule has 1 aromatic rings. The van der Waals surface area contributed by atoms with E-state index < -0.39 is 6.10 Å². The van der Waals surface area contributed by atoms with Gasteiger partial charge in [0.25, 0.3) is 0 Å². The minimum Gasteiger partial charge on any atom is -0.390 e. The topological polar surface area (TPSA) is 94.3 Å². The number of aliphatic hydroxyl groups excluding tert-OH is 1. The summed E-state index contributed by atoms with van der Waals surface area (Å²) in [5.41, 5.74) is 0. The Hall–Kier alpha value is -0.740. The molecule has 0 aromatic carbocycles. The van der Waals surface area contributed by atoms with E-state index in [0.29, 0.717) is 30.7 Å². The maximum atomic E-state index is 9.74. The molecule has 8 nitrogen and oxygen atoms in total. The van der Waals surface area contributed by atoms with Gasteiger partial charge in [-0.3, -0.25) is 0 Å². The minimum atomic E-state index is -0.545. The molecule has 1 aromatic heterocycles. The molecule has 0 bridgehead atoms. The molecule has 0 aliphatic heterocycles. The fraction of sp³-hybridized carbons (Fsp3) is 0.900. The van der Waals surface area contributed by atoms with Crippen molar-refractivity contribution in [3.8, 4) is 0 Å². The van der Waals surface area contributed by atoms with Gasteiger partial charge in [0.15, 0.2) is 0 Å². The molecule has 0 amide bonds. The Kier molecular flexibility index (Phi) is 8.67. The van der Waals surface area contributed by atoms with Gasteiger partial charge in [-0.25, -0.2) is 4.68 Å². The third kappa shape index (κ3) is 6.83. The van der Waals surface area contributed by atoms with Crippen LogP contribution in [-0.2, 0) is 16.0 Å². The number of methoxy groups -OCH3 is 1. The summed E-state index contributed by atoms with van der Waals surface area (Å²) in [5.74, 6) is 0.493. The number of thioether (sulfide) groups is 1. The highest BCUT2D eigenvalue weighted by molar-refractivity contribution is 7.99. The normalized spacial score (nSPS) is 12.8. The van der Waals surface area contributed by atoms with Crippen LogP contribution in [0.3, 0.4) is 0 Å². The lowest BCUT2D eigenvalue weighted by atomic mass is 10.4. The first kappa shape index (κ1) is 16.3. The number of aliphatic hydroxyl groups is 1. The summed E-state index contributed by atoms with van der Waals surface area (Å²) in [5, 5.41) is 24.9. The Labute approximate surface area is 116 Å². The Bertz CT molecular complexity index is 339. The van der Waals surface area contributed by atoms with E-state index in [9.17, 15) is 5.11 Å². The molecule has 1 rings (SSSR count). The first-order valence-corrected chi connectivity index (χ1v) is 7.04. The molecule has 110 valence electrons. The summed E-state index contributed by atoms with van der Waals surface area (Å²) in [7, 11) is 3.49. The van der Waals surface area contributed by atoms with Crippen LogP contribution in [0.4, 0.5) is 0 Å². The fourth-order valence-corrected chi connectivity index (χ4v) is 2.05. The smallest absolute Gasteiger partial charge is 0.209 e. The summed E-state index contributed by atoms with van der Waals surface area (Å²) < 4.78 is 11.8. The van der Waals surface area contributed by atoms with Crippen LogP contribution in [0, 0.1) is 0 Å². The van der Waals surface area contributed by atoms with E-state index in [1.165, 1.54) is 11.8 Å². The molecule has 0 saturated heterocycles. The number of hydrogen-bond donors (Lipinski definition) is 2. The maximum absolute atomic E-state index is 9.74. The van der Waals surface area contributed by atoms with Gasteiger partial charge < -0.3 is 19.9 Å². The quantitative estimate of drug-likeness (QED) is 0.396. The van der Waals surface area contributed by atoms with Gasteiger partial charge in [-0.05, 0) is 17.5 Å². The molecule has 19 heavy (non-hydrogen) atoms. The zero-order valence-corrected chi connectivity index (χ0v) is 12.1. The molecule has 1 heterocycles. The second-order valence-corrected chi connectivity index (χ2v) is 4.81. The van der Waals surface area contributed by atoms with Crippen molar-refractivity contribution in [2.45, 2.75) is 17.8 Å². The van der Waals surface area contributed by atoms with Crippen LogP contribution in [0.1, 0.15) is 0 Å². The van der Waals surface area contributed by atoms with Crippen molar-refractivity contribution >= 4 is 11.8 Å². The van der Waals surface area contributed by atoms with Crippen molar-refractivity contribution in [1.29, 1.82) is 0 Å². The van der Waals surface area contributed by atoms with Crippen molar-refractivity contribution in [2.24, 2.45) is 0 Å². The molecule has 0 saturated carbocycles. The molecule has 9 heteroatoms. The Morgan fingerprint density at radius 3 is 3.05 bits per heavy atom. The van der Waals surface area contributed by atoms with Crippen molar-refractivity contribution in [3.63, 3.8) is 0 Å². The first-order chi connectivity index (χ1) is 9.27. The lowest BCUT2D eigenvalue weighted by Crippen LogP contribution is -2.20. The molecule has 0 aliphatic carbocycles. The van der Waals surface area contributed by atoms with Gasteiger partial charge in [0.05, 0.1) is 32.5 Å². The average Bonchev–Trinajstić information content (AvgIpc) is 2.86. The van der Waals surface area contributed by atoms with E-state index in [1.807, 2.05) is 7.05 Å². The van der Waals surface area contributed by atoms with Gasteiger partial charge in [0.2, 0.25) is 5.16 Å². The summed E-state index contributed by atoms with van der Waals surface area (Å²) in [4.78, 5) is 0. The molecular weight excluding hydrogens is 270 g/mol. The predicted octanol–water partition coefficient (Wildman–Crippen LogP) is -0.991. The maximum Gasteiger partial charge on any atom is 0.209 e. The fourth-order valence-electron chi connectivity index (χ4n) is 1.24. The molecule has 0 aliphatic rings. The van der Waals surface area contributed by atoms with Gasteiger partial charge in [0, 0.05) is 19.4 Å². The van der Waals surface area contributed by atoms with Crippen LogP contribution in [0.2, 0.25) is 0 Å². The SMILES string of the molecule is CNCCn1nnnc1SCC(O)COCCOC. The van der Waals surface area contributed by atoms with E-state index >= 15 is 0 Å².